The van der Waals surface area contributed by atoms with E-state index in [2.05, 4.69) is 36.0 Å². The van der Waals surface area contributed by atoms with E-state index in [0.29, 0.717) is 11.3 Å². The Balaban J connectivity index is 1.47. The Morgan fingerprint density at radius 3 is 2.28 bits per heavy atom. The van der Waals surface area contributed by atoms with Crippen LogP contribution in [0.1, 0.15) is 36.6 Å². The van der Waals surface area contributed by atoms with Crippen molar-refractivity contribution < 1.29 is 10.2 Å². The quantitative estimate of drug-likeness (QED) is 0.595. The number of hydrogen-bond acceptors (Lipinski definition) is 4. The molecule has 2 atom stereocenters. The van der Waals surface area contributed by atoms with Crippen LogP contribution in [0.4, 0.5) is 5.69 Å². The minimum Gasteiger partial charge on any atom is -0.392 e. The third kappa shape index (κ3) is 2.83. The van der Waals surface area contributed by atoms with Crippen molar-refractivity contribution in [2.75, 3.05) is 11.9 Å². The molecule has 2 heterocycles. The van der Waals surface area contributed by atoms with Crippen LogP contribution < -0.4 is 10.5 Å². The minimum atomic E-state index is -0.836. The van der Waals surface area contributed by atoms with Crippen LogP contribution >= 0.6 is 0 Å². The molecule has 0 spiro atoms. The molecule has 1 aliphatic carbocycles. The molecule has 0 radical (unpaired) electrons. The molecule has 2 aliphatic rings. The number of para-hydroxylation sites is 2. The van der Waals surface area contributed by atoms with Crippen LogP contribution in [0.2, 0.25) is 0 Å². The molecule has 0 bridgehead atoms. The van der Waals surface area contributed by atoms with Crippen LogP contribution in [0.15, 0.2) is 71.2 Å². The van der Waals surface area contributed by atoms with Crippen molar-refractivity contribution >= 4 is 5.69 Å². The third-order valence-corrected chi connectivity index (χ3v) is 7.28. The molecule has 0 saturated heterocycles. The number of allylic oxidation sites excluding steroid dienone is 1. The van der Waals surface area contributed by atoms with E-state index in [1.807, 2.05) is 62.5 Å². The lowest BCUT2D eigenvalue weighted by molar-refractivity contribution is -0.0952. The third-order valence-electron chi connectivity index (χ3n) is 7.28. The van der Waals surface area contributed by atoms with Crippen LogP contribution in [0.25, 0.3) is 5.69 Å². The maximum Gasteiger partial charge on any atom is 0.275 e. The zero-order valence-corrected chi connectivity index (χ0v) is 18.8. The van der Waals surface area contributed by atoms with E-state index in [4.69, 9.17) is 0 Å². The van der Waals surface area contributed by atoms with Gasteiger partial charge in [0.15, 0.2) is 0 Å². The topological polar surface area (TPSA) is 81.5 Å². The van der Waals surface area contributed by atoms with Gasteiger partial charge in [0.2, 0.25) is 0 Å². The van der Waals surface area contributed by atoms with Crippen molar-refractivity contribution in [2.45, 2.75) is 44.3 Å². The molecule has 1 aliphatic heterocycles. The fraction of sp³-hybridized carbons (Fsp3) is 0.346. The molecule has 166 valence electrons. The highest BCUT2D eigenvalue weighted by atomic mass is 16.3. The Morgan fingerprint density at radius 1 is 1.00 bits per heavy atom. The number of hydrogen-bond donors (Lipinski definition) is 3. The van der Waals surface area contributed by atoms with Gasteiger partial charge in [-0.1, -0.05) is 56.3 Å². The number of H-pyrrole nitrogens is 1. The first-order chi connectivity index (χ1) is 15.2. The first kappa shape index (κ1) is 20.8. The largest absolute Gasteiger partial charge is 0.392 e. The van der Waals surface area contributed by atoms with E-state index < -0.39 is 24.0 Å². The van der Waals surface area contributed by atoms with E-state index >= 15 is 0 Å². The molecule has 3 aromatic rings. The summed E-state index contributed by atoms with van der Waals surface area (Å²) in [4.78, 5) is 15.3. The molecule has 5 rings (SSSR count). The van der Waals surface area contributed by atoms with Crippen molar-refractivity contribution in [3.63, 3.8) is 0 Å². The summed E-state index contributed by atoms with van der Waals surface area (Å²) in [7, 11) is 2.02. The van der Waals surface area contributed by atoms with Gasteiger partial charge in [-0.05, 0) is 30.7 Å². The van der Waals surface area contributed by atoms with Gasteiger partial charge in [-0.15, -0.1) is 0 Å². The molecule has 3 N–H and O–H groups in total. The lowest BCUT2D eigenvalue weighted by Gasteiger charge is -2.45. The summed E-state index contributed by atoms with van der Waals surface area (Å²) in [5, 5.41) is 25.2. The van der Waals surface area contributed by atoms with Crippen LogP contribution in [0.5, 0.6) is 0 Å². The predicted molar refractivity (Wildman–Crippen MR) is 125 cm³/mol. The average Bonchev–Trinajstić information content (AvgIpc) is 3.18. The standard InChI is InChI=1S/C26H29N3O3/c1-15-21(25(32)29(27-15)16-10-6-5-7-11-16)22-23(30)17(24(22)31)14-20-26(2,3)18-12-8-9-13-19(18)28(20)4/h5-14,17,22-24,27,30-31H,1-4H3. The van der Waals surface area contributed by atoms with Gasteiger partial charge in [0.25, 0.3) is 5.56 Å². The van der Waals surface area contributed by atoms with E-state index in [0.717, 1.165) is 17.1 Å². The molecular formula is C26H29N3O3. The number of rotatable bonds is 3. The summed E-state index contributed by atoms with van der Waals surface area (Å²) < 4.78 is 1.47. The van der Waals surface area contributed by atoms with Gasteiger partial charge in [-0.2, -0.15) is 0 Å². The van der Waals surface area contributed by atoms with Crippen molar-refractivity contribution in [1.29, 1.82) is 0 Å². The number of aryl methyl sites for hydroxylation is 1. The Bertz CT molecular complexity index is 1240. The maximum atomic E-state index is 13.2. The lowest BCUT2D eigenvalue weighted by Crippen LogP contribution is -2.54. The first-order valence-electron chi connectivity index (χ1n) is 11.0. The summed E-state index contributed by atoms with van der Waals surface area (Å²) >= 11 is 0. The SMILES string of the molecule is Cc1[nH]n(-c2ccccc2)c(=O)c1C1C(O)C(C=C2N(C)c3ccccc3C2(C)C)C1O. The summed E-state index contributed by atoms with van der Waals surface area (Å²) in [6.45, 7) is 6.13. The molecule has 0 amide bonds. The summed E-state index contributed by atoms with van der Waals surface area (Å²) in [5.74, 6) is -1.06. The summed E-state index contributed by atoms with van der Waals surface area (Å²) in [6.07, 6.45) is 0.317. The van der Waals surface area contributed by atoms with Crippen LogP contribution in [-0.4, -0.2) is 39.2 Å². The molecular weight excluding hydrogens is 402 g/mol. The van der Waals surface area contributed by atoms with E-state index in [1.54, 1.807) is 0 Å². The summed E-state index contributed by atoms with van der Waals surface area (Å²) in [6, 6.07) is 17.6. The van der Waals surface area contributed by atoms with Crippen LogP contribution in [0, 0.1) is 12.8 Å². The number of fused-ring (bicyclic) bond motifs is 1. The average molecular weight is 432 g/mol. The van der Waals surface area contributed by atoms with E-state index in [1.165, 1.54) is 10.2 Å². The molecule has 1 fully saturated rings. The maximum absolute atomic E-state index is 13.2. The Kier molecular flexibility index (Phi) is 4.69. The van der Waals surface area contributed by atoms with Gasteiger partial charge in [0.05, 0.1) is 17.9 Å². The van der Waals surface area contributed by atoms with Crippen molar-refractivity contribution in [3.05, 3.63) is 93.5 Å². The minimum absolute atomic E-state index is 0.228. The number of aromatic amines is 1. The van der Waals surface area contributed by atoms with Crippen molar-refractivity contribution in [3.8, 4) is 5.69 Å². The normalized spacial score (nSPS) is 27.4. The van der Waals surface area contributed by atoms with Gasteiger partial charge in [-0.3, -0.25) is 9.89 Å². The number of aromatic nitrogens is 2. The smallest absolute Gasteiger partial charge is 0.275 e. The highest BCUT2D eigenvalue weighted by Crippen LogP contribution is 2.50. The second-order valence-corrected chi connectivity index (χ2v) is 9.46. The second kappa shape index (κ2) is 7.22. The molecule has 32 heavy (non-hydrogen) atoms. The van der Waals surface area contributed by atoms with E-state index in [9.17, 15) is 15.0 Å². The van der Waals surface area contributed by atoms with E-state index in [-0.39, 0.29) is 11.0 Å². The zero-order valence-electron chi connectivity index (χ0n) is 18.8. The van der Waals surface area contributed by atoms with Crippen LogP contribution in [0.3, 0.4) is 0 Å². The predicted octanol–water partition coefficient (Wildman–Crippen LogP) is 3.22. The number of aliphatic hydroxyl groups is 2. The monoisotopic (exact) mass is 431 g/mol. The zero-order chi connectivity index (χ0) is 22.8. The highest BCUT2D eigenvalue weighted by molar-refractivity contribution is 5.69. The molecule has 1 saturated carbocycles. The molecule has 6 nitrogen and oxygen atoms in total. The van der Waals surface area contributed by atoms with Crippen molar-refractivity contribution in [1.82, 2.24) is 9.78 Å². The Labute approximate surface area is 187 Å². The number of nitrogens with one attached hydrogen (secondary N) is 1. The van der Waals surface area contributed by atoms with Gasteiger partial charge in [0, 0.05) is 46.9 Å². The number of nitrogens with zero attached hydrogens (tertiary/aromatic N) is 2. The number of aliphatic hydroxyl groups excluding tert-OH is 2. The number of anilines is 1. The second-order valence-electron chi connectivity index (χ2n) is 9.46. The Morgan fingerprint density at radius 2 is 1.62 bits per heavy atom. The van der Waals surface area contributed by atoms with Gasteiger partial charge in [-0.25, -0.2) is 4.68 Å². The van der Waals surface area contributed by atoms with Gasteiger partial charge in [0.1, 0.15) is 0 Å². The number of likely N-dealkylation sites (N-methyl/N-ethyl adjacent to an activating group) is 1. The van der Waals surface area contributed by atoms with Crippen molar-refractivity contribution in [2.24, 2.45) is 5.92 Å². The molecule has 1 aromatic heterocycles. The molecule has 6 heteroatoms. The molecule has 2 unspecified atom stereocenters. The first-order valence-corrected chi connectivity index (χ1v) is 11.0. The fourth-order valence-electron chi connectivity index (χ4n) is 5.47. The Hall–Kier alpha value is -3.09. The van der Waals surface area contributed by atoms with Gasteiger partial charge < -0.3 is 15.1 Å². The fourth-order valence-corrected chi connectivity index (χ4v) is 5.47. The van der Waals surface area contributed by atoms with Gasteiger partial charge >= 0.3 is 0 Å². The molecule has 2 aromatic carbocycles. The van der Waals surface area contributed by atoms with Crippen LogP contribution in [-0.2, 0) is 5.41 Å². The number of benzene rings is 2. The summed E-state index contributed by atoms with van der Waals surface area (Å²) in [5.41, 5.74) is 4.78. The highest BCUT2D eigenvalue weighted by Gasteiger charge is 2.52. The lowest BCUT2D eigenvalue weighted by atomic mass is 9.65.